The summed E-state index contributed by atoms with van der Waals surface area (Å²) >= 11 is 0. The molecular weight excluding hydrogens is 375 g/mol. The van der Waals surface area contributed by atoms with Gasteiger partial charge in [-0.2, -0.15) is 0 Å². The highest BCUT2D eigenvalue weighted by molar-refractivity contribution is 5.34. The zero-order valence-electron chi connectivity index (χ0n) is 15.7. The lowest BCUT2D eigenvalue weighted by Crippen LogP contribution is -2.14. The molecule has 0 amide bonds. The van der Waals surface area contributed by atoms with Crippen molar-refractivity contribution >= 4 is 0 Å². The monoisotopic (exact) mass is 398 g/mol. The van der Waals surface area contributed by atoms with E-state index in [0.717, 1.165) is 44.2 Å². The maximum absolute atomic E-state index is 14.4. The molecule has 1 fully saturated rings. The van der Waals surface area contributed by atoms with Crippen LogP contribution in [0.2, 0.25) is 0 Å². The van der Waals surface area contributed by atoms with Crippen LogP contribution in [0.4, 0.5) is 22.0 Å². The summed E-state index contributed by atoms with van der Waals surface area (Å²) in [6, 6.07) is 4.01. The molecule has 0 radical (unpaired) electrons. The van der Waals surface area contributed by atoms with E-state index in [4.69, 9.17) is 4.74 Å². The quantitative estimate of drug-likeness (QED) is 0.375. The van der Waals surface area contributed by atoms with Crippen LogP contribution in [0, 0.1) is 35.0 Å². The zero-order chi connectivity index (χ0) is 20.3. The molecule has 0 unspecified atom stereocenters. The lowest BCUT2D eigenvalue weighted by molar-refractivity contribution is 0.270. The summed E-state index contributed by atoms with van der Waals surface area (Å²) in [5, 5.41) is 0. The van der Waals surface area contributed by atoms with E-state index < -0.39 is 41.4 Å². The number of ether oxygens (including phenoxy) is 1. The van der Waals surface area contributed by atoms with Gasteiger partial charge in [-0.05, 0) is 72.9 Å². The van der Waals surface area contributed by atoms with Gasteiger partial charge in [-0.25, -0.2) is 22.0 Å². The molecule has 1 aliphatic carbocycles. The van der Waals surface area contributed by atoms with Gasteiger partial charge in [0.2, 0.25) is 0 Å². The second kappa shape index (κ2) is 8.93. The van der Waals surface area contributed by atoms with Crippen LogP contribution in [0.1, 0.15) is 62.5 Å². The zero-order valence-corrected chi connectivity index (χ0v) is 15.7. The largest absolute Gasteiger partial charge is 0.483 e. The van der Waals surface area contributed by atoms with Crippen LogP contribution in [0.3, 0.4) is 0 Å². The van der Waals surface area contributed by atoms with Crippen LogP contribution in [-0.4, -0.2) is 0 Å². The lowest BCUT2D eigenvalue weighted by atomic mass is 9.77. The first-order valence-corrected chi connectivity index (χ1v) is 9.64. The Balaban J connectivity index is 1.69. The average molecular weight is 398 g/mol. The van der Waals surface area contributed by atoms with Crippen molar-refractivity contribution in [2.45, 2.75) is 58.0 Å². The summed E-state index contributed by atoms with van der Waals surface area (Å²) in [6.07, 6.45) is 6.25. The number of rotatable bonds is 6. The minimum atomic E-state index is -1.60. The van der Waals surface area contributed by atoms with Gasteiger partial charge in [0, 0.05) is 0 Å². The van der Waals surface area contributed by atoms with E-state index in [1.165, 1.54) is 18.6 Å². The van der Waals surface area contributed by atoms with Gasteiger partial charge in [-0.1, -0.05) is 19.8 Å². The van der Waals surface area contributed by atoms with Crippen molar-refractivity contribution in [3.05, 3.63) is 64.5 Å². The molecule has 0 aromatic heterocycles. The Labute approximate surface area is 161 Å². The van der Waals surface area contributed by atoms with Crippen LogP contribution < -0.4 is 4.74 Å². The summed E-state index contributed by atoms with van der Waals surface area (Å²) in [7, 11) is 0. The first kappa shape index (κ1) is 20.6. The van der Waals surface area contributed by atoms with Gasteiger partial charge >= 0.3 is 0 Å². The van der Waals surface area contributed by atoms with Crippen LogP contribution in [0.5, 0.6) is 5.75 Å². The fraction of sp³-hybridized carbons (Fsp3) is 0.455. The topological polar surface area (TPSA) is 9.23 Å². The van der Waals surface area contributed by atoms with E-state index in [1.54, 1.807) is 0 Å². The van der Waals surface area contributed by atoms with Gasteiger partial charge in [-0.15, -0.1) is 0 Å². The summed E-state index contributed by atoms with van der Waals surface area (Å²) in [4.78, 5) is 0. The van der Waals surface area contributed by atoms with Crippen LogP contribution in [-0.2, 0) is 6.61 Å². The minimum absolute atomic E-state index is 0.0616. The lowest BCUT2D eigenvalue weighted by Gasteiger charge is -2.28. The third-order valence-corrected chi connectivity index (χ3v) is 5.46. The van der Waals surface area contributed by atoms with Gasteiger partial charge in [0.05, 0.1) is 0 Å². The molecule has 0 bridgehead atoms. The fourth-order valence-electron chi connectivity index (χ4n) is 3.99. The average Bonchev–Trinajstić information content (AvgIpc) is 2.66. The van der Waals surface area contributed by atoms with Gasteiger partial charge in [0.25, 0.3) is 0 Å². The maximum atomic E-state index is 14.4. The molecule has 28 heavy (non-hydrogen) atoms. The second-order valence-corrected chi connectivity index (χ2v) is 7.48. The summed E-state index contributed by atoms with van der Waals surface area (Å²) < 4.78 is 73.4. The van der Waals surface area contributed by atoms with Crippen molar-refractivity contribution in [2.24, 2.45) is 5.92 Å². The molecule has 0 spiro atoms. The maximum Gasteiger partial charge on any atom is 0.194 e. The van der Waals surface area contributed by atoms with Gasteiger partial charge < -0.3 is 4.74 Å². The van der Waals surface area contributed by atoms with Gasteiger partial charge in [0.1, 0.15) is 6.61 Å². The van der Waals surface area contributed by atoms with Crippen molar-refractivity contribution in [3.8, 4) is 5.75 Å². The molecule has 0 saturated heterocycles. The minimum Gasteiger partial charge on any atom is -0.483 e. The van der Waals surface area contributed by atoms with Crippen LogP contribution in [0.15, 0.2) is 24.3 Å². The third kappa shape index (κ3) is 4.65. The molecule has 0 heterocycles. The first-order chi connectivity index (χ1) is 13.4. The molecular formula is C22H23F5O. The summed E-state index contributed by atoms with van der Waals surface area (Å²) in [6.45, 7) is 1.67. The molecule has 0 atom stereocenters. The Bertz CT molecular complexity index is 782. The van der Waals surface area contributed by atoms with E-state index in [-0.39, 0.29) is 11.5 Å². The van der Waals surface area contributed by atoms with E-state index in [9.17, 15) is 22.0 Å². The smallest absolute Gasteiger partial charge is 0.194 e. The standard InChI is InChI=1S/C22H23F5O/c1-2-3-13-4-6-15(7-5-13)16-10-19(25)22(20(26)11-16)28-12-14-8-17(23)21(27)18(24)9-14/h8-11,13,15H,2-7,12H2,1H3/t13-,15-. The molecule has 6 heteroatoms. The Kier molecular flexibility index (Phi) is 6.57. The molecule has 0 aliphatic heterocycles. The summed E-state index contributed by atoms with van der Waals surface area (Å²) in [5.74, 6) is -5.86. The molecule has 1 aliphatic rings. The first-order valence-electron chi connectivity index (χ1n) is 9.64. The van der Waals surface area contributed by atoms with E-state index in [2.05, 4.69) is 6.92 Å². The predicted molar refractivity (Wildman–Crippen MR) is 96.6 cm³/mol. The highest BCUT2D eigenvalue weighted by Gasteiger charge is 2.24. The number of benzene rings is 2. The Morgan fingerprint density at radius 3 is 1.93 bits per heavy atom. The van der Waals surface area contributed by atoms with Gasteiger partial charge in [0.15, 0.2) is 34.8 Å². The van der Waals surface area contributed by atoms with E-state index in [0.29, 0.717) is 11.5 Å². The second-order valence-electron chi connectivity index (χ2n) is 7.48. The predicted octanol–water partition coefficient (Wildman–Crippen LogP) is 7.04. The summed E-state index contributed by atoms with van der Waals surface area (Å²) in [5.41, 5.74) is 0.546. The highest BCUT2D eigenvalue weighted by atomic mass is 19.2. The van der Waals surface area contributed by atoms with Crippen molar-refractivity contribution in [3.63, 3.8) is 0 Å². The van der Waals surface area contributed by atoms with E-state index in [1.807, 2.05) is 0 Å². The normalized spacial score (nSPS) is 19.6. The van der Waals surface area contributed by atoms with Crippen molar-refractivity contribution in [1.29, 1.82) is 0 Å². The SMILES string of the molecule is CCC[C@H]1CC[C@H](c2cc(F)c(OCc3cc(F)c(F)c(F)c3)c(F)c2)CC1. The van der Waals surface area contributed by atoms with E-state index >= 15 is 0 Å². The Morgan fingerprint density at radius 2 is 1.39 bits per heavy atom. The number of hydrogen-bond acceptors (Lipinski definition) is 1. The molecule has 2 aromatic rings. The third-order valence-electron chi connectivity index (χ3n) is 5.46. The van der Waals surface area contributed by atoms with Crippen molar-refractivity contribution < 1.29 is 26.7 Å². The molecule has 1 saturated carbocycles. The molecule has 2 aromatic carbocycles. The fourth-order valence-corrected chi connectivity index (χ4v) is 3.99. The molecule has 0 N–H and O–H groups in total. The van der Waals surface area contributed by atoms with Crippen molar-refractivity contribution in [2.75, 3.05) is 0 Å². The molecule has 152 valence electrons. The van der Waals surface area contributed by atoms with Crippen LogP contribution >= 0.6 is 0 Å². The number of halogens is 5. The Morgan fingerprint density at radius 1 is 0.821 bits per heavy atom. The van der Waals surface area contributed by atoms with Gasteiger partial charge in [-0.3, -0.25) is 0 Å². The van der Waals surface area contributed by atoms with Crippen molar-refractivity contribution in [1.82, 2.24) is 0 Å². The van der Waals surface area contributed by atoms with Crippen LogP contribution in [0.25, 0.3) is 0 Å². The molecule has 1 nitrogen and oxygen atoms in total. The molecule has 3 rings (SSSR count). The highest BCUT2D eigenvalue weighted by Crippen LogP contribution is 2.39. The Hall–Kier alpha value is -2.11. The number of hydrogen-bond donors (Lipinski definition) is 0.